The molecule has 0 unspecified atom stereocenters. The minimum atomic E-state index is 0.368. The standard InChI is InChI=1S/C9H13NO3/c1-12-8-4-3-7(6-10-11)9(5-8)13-2/h3-5H,6,10H2,1-2H3. The van der Waals surface area contributed by atoms with Crippen molar-refractivity contribution in [1.82, 2.24) is 0 Å². The smallest absolute Gasteiger partial charge is 0.131 e. The predicted molar refractivity (Wildman–Crippen MR) is 48.5 cm³/mol. The second-order valence-corrected chi connectivity index (χ2v) is 2.55. The lowest BCUT2D eigenvalue weighted by Crippen LogP contribution is -2.75. The molecule has 1 aromatic carbocycles. The Balaban J connectivity index is 2.93. The molecule has 0 fully saturated rings. The SMILES string of the molecule is COc1ccc(C[NH2+][O-])c(OC)c1. The van der Waals surface area contributed by atoms with Crippen LogP contribution >= 0.6 is 0 Å². The van der Waals surface area contributed by atoms with Gasteiger partial charge in [-0.25, -0.2) is 0 Å². The van der Waals surface area contributed by atoms with Gasteiger partial charge in [0.1, 0.15) is 18.0 Å². The fourth-order valence-electron chi connectivity index (χ4n) is 1.11. The summed E-state index contributed by atoms with van der Waals surface area (Å²) in [6, 6.07) is 5.40. The number of hydrogen-bond donors (Lipinski definition) is 1. The first kappa shape index (κ1) is 9.83. The Labute approximate surface area is 77.1 Å². The maximum absolute atomic E-state index is 10.3. The summed E-state index contributed by atoms with van der Waals surface area (Å²) in [6.45, 7) is 0.368. The van der Waals surface area contributed by atoms with Gasteiger partial charge < -0.3 is 20.2 Å². The van der Waals surface area contributed by atoms with Crippen LogP contribution in [0.2, 0.25) is 0 Å². The van der Waals surface area contributed by atoms with Crippen molar-refractivity contribution in [3.63, 3.8) is 0 Å². The van der Waals surface area contributed by atoms with Crippen molar-refractivity contribution in [2.24, 2.45) is 0 Å². The highest BCUT2D eigenvalue weighted by atomic mass is 16.5. The summed E-state index contributed by atoms with van der Waals surface area (Å²) in [5.41, 5.74) is 1.72. The molecule has 72 valence electrons. The van der Waals surface area contributed by atoms with Crippen molar-refractivity contribution < 1.29 is 15.0 Å². The van der Waals surface area contributed by atoms with Crippen LogP contribution in [0.4, 0.5) is 0 Å². The average molecular weight is 183 g/mol. The normalized spacial score (nSPS) is 9.77. The zero-order valence-electron chi connectivity index (χ0n) is 7.74. The molecule has 0 heterocycles. The molecule has 0 amide bonds. The number of benzene rings is 1. The first-order chi connectivity index (χ1) is 6.31. The third-order valence-corrected chi connectivity index (χ3v) is 1.80. The number of hydroxylamine groups is 1. The van der Waals surface area contributed by atoms with Gasteiger partial charge in [0.05, 0.1) is 14.2 Å². The summed E-state index contributed by atoms with van der Waals surface area (Å²) < 4.78 is 10.1. The van der Waals surface area contributed by atoms with E-state index < -0.39 is 0 Å². The van der Waals surface area contributed by atoms with Gasteiger partial charge in [-0.2, -0.15) is 0 Å². The highest BCUT2D eigenvalue weighted by molar-refractivity contribution is 5.40. The monoisotopic (exact) mass is 183 g/mol. The molecule has 0 bridgehead atoms. The molecule has 0 saturated carbocycles. The number of nitrogens with two attached hydrogens (primary N) is 1. The number of rotatable bonds is 4. The third-order valence-electron chi connectivity index (χ3n) is 1.80. The second-order valence-electron chi connectivity index (χ2n) is 2.55. The Kier molecular flexibility index (Phi) is 3.54. The molecule has 0 aliphatic rings. The largest absolute Gasteiger partial charge is 0.636 e. The van der Waals surface area contributed by atoms with Crippen LogP contribution in [0.25, 0.3) is 0 Å². The van der Waals surface area contributed by atoms with E-state index in [0.29, 0.717) is 12.3 Å². The van der Waals surface area contributed by atoms with Crippen LogP contribution in [0, 0.1) is 5.21 Å². The first-order valence-electron chi connectivity index (χ1n) is 3.96. The highest BCUT2D eigenvalue weighted by Crippen LogP contribution is 2.23. The van der Waals surface area contributed by atoms with Gasteiger partial charge in [0.15, 0.2) is 0 Å². The van der Waals surface area contributed by atoms with Crippen LogP contribution in [-0.2, 0) is 6.54 Å². The number of hydrogen-bond acceptors (Lipinski definition) is 3. The highest BCUT2D eigenvalue weighted by Gasteiger charge is 2.04. The molecule has 1 aromatic rings. The summed E-state index contributed by atoms with van der Waals surface area (Å²) in [5, 5.41) is 10.3. The van der Waals surface area contributed by atoms with E-state index in [9.17, 15) is 5.21 Å². The minimum Gasteiger partial charge on any atom is -0.636 e. The number of ether oxygens (including phenoxy) is 2. The molecule has 0 saturated heterocycles. The number of quaternary nitrogens is 1. The Morgan fingerprint density at radius 2 is 2.08 bits per heavy atom. The molecular weight excluding hydrogens is 170 g/mol. The van der Waals surface area contributed by atoms with E-state index in [2.05, 4.69) is 0 Å². The predicted octanol–water partition coefficient (Wildman–Crippen LogP) is 0.265. The van der Waals surface area contributed by atoms with Crippen molar-refractivity contribution in [2.45, 2.75) is 6.54 Å². The molecule has 4 nitrogen and oxygen atoms in total. The molecule has 0 atom stereocenters. The summed E-state index contributed by atoms with van der Waals surface area (Å²) >= 11 is 0. The van der Waals surface area contributed by atoms with E-state index in [-0.39, 0.29) is 0 Å². The van der Waals surface area contributed by atoms with Crippen molar-refractivity contribution >= 4 is 0 Å². The lowest BCUT2D eigenvalue weighted by molar-refractivity contribution is -0.605. The van der Waals surface area contributed by atoms with E-state index in [1.807, 2.05) is 6.07 Å². The average Bonchev–Trinajstić information content (AvgIpc) is 2.19. The van der Waals surface area contributed by atoms with Crippen LogP contribution in [-0.4, -0.2) is 14.2 Å². The Bertz CT molecular complexity index is 276. The molecule has 0 radical (unpaired) electrons. The van der Waals surface area contributed by atoms with Gasteiger partial charge in [-0.05, 0) is 12.1 Å². The Hall–Kier alpha value is -1.26. The Morgan fingerprint density at radius 1 is 1.31 bits per heavy atom. The molecular formula is C9H13NO3. The quantitative estimate of drug-likeness (QED) is 0.681. The van der Waals surface area contributed by atoms with Gasteiger partial charge in [-0.15, -0.1) is 0 Å². The summed E-state index contributed by atoms with van der Waals surface area (Å²) in [6.07, 6.45) is 0. The van der Waals surface area contributed by atoms with E-state index in [4.69, 9.17) is 9.47 Å². The molecule has 13 heavy (non-hydrogen) atoms. The molecule has 2 N–H and O–H groups in total. The van der Waals surface area contributed by atoms with E-state index in [0.717, 1.165) is 16.8 Å². The van der Waals surface area contributed by atoms with E-state index in [1.165, 1.54) is 0 Å². The molecule has 0 aliphatic heterocycles. The van der Waals surface area contributed by atoms with Crippen LogP contribution in [0.3, 0.4) is 0 Å². The zero-order valence-corrected chi connectivity index (χ0v) is 7.74. The van der Waals surface area contributed by atoms with E-state index >= 15 is 0 Å². The topological polar surface area (TPSA) is 58.1 Å². The van der Waals surface area contributed by atoms with Crippen molar-refractivity contribution in [1.29, 1.82) is 0 Å². The maximum atomic E-state index is 10.3. The summed E-state index contributed by atoms with van der Waals surface area (Å²) in [7, 11) is 3.16. The van der Waals surface area contributed by atoms with Gasteiger partial charge in [0, 0.05) is 11.6 Å². The van der Waals surface area contributed by atoms with Crippen LogP contribution in [0.5, 0.6) is 11.5 Å². The minimum absolute atomic E-state index is 0.368. The second kappa shape index (κ2) is 4.69. The fraction of sp³-hybridized carbons (Fsp3) is 0.333. The van der Waals surface area contributed by atoms with Gasteiger partial charge in [0.2, 0.25) is 0 Å². The van der Waals surface area contributed by atoms with Crippen molar-refractivity contribution in [2.75, 3.05) is 14.2 Å². The molecule has 0 spiro atoms. The number of methoxy groups -OCH3 is 2. The summed E-state index contributed by atoms with van der Waals surface area (Å²) in [5.74, 6) is 1.41. The maximum Gasteiger partial charge on any atom is 0.131 e. The molecule has 4 heteroatoms. The van der Waals surface area contributed by atoms with Crippen LogP contribution in [0.1, 0.15) is 5.56 Å². The van der Waals surface area contributed by atoms with E-state index in [1.54, 1.807) is 26.4 Å². The molecule has 0 aliphatic carbocycles. The van der Waals surface area contributed by atoms with Crippen LogP contribution in [0.15, 0.2) is 18.2 Å². The molecule has 1 rings (SSSR count). The Morgan fingerprint density at radius 3 is 2.62 bits per heavy atom. The van der Waals surface area contributed by atoms with Gasteiger partial charge in [-0.3, -0.25) is 0 Å². The van der Waals surface area contributed by atoms with Gasteiger partial charge >= 0.3 is 0 Å². The molecule has 0 aromatic heterocycles. The van der Waals surface area contributed by atoms with Crippen molar-refractivity contribution in [3.05, 3.63) is 29.0 Å². The van der Waals surface area contributed by atoms with Crippen molar-refractivity contribution in [3.8, 4) is 11.5 Å². The third kappa shape index (κ3) is 2.34. The van der Waals surface area contributed by atoms with Crippen LogP contribution < -0.4 is 15.0 Å². The lowest BCUT2D eigenvalue weighted by atomic mass is 10.2. The fourth-order valence-corrected chi connectivity index (χ4v) is 1.11. The summed E-state index contributed by atoms with van der Waals surface area (Å²) in [4.78, 5) is 0. The zero-order chi connectivity index (χ0) is 9.68. The lowest BCUT2D eigenvalue weighted by Gasteiger charge is -2.09. The first-order valence-corrected chi connectivity index (χ1v) is 3.96. The van der Waals surface area contributed by atoms with Gasteiger partial charge in [-0.1, -0.05) is 0 Å². The van der Waals surface area contributed by atoms with Gasteiger partial charge in [0.25, 0.3) is 0 Å².